The molecule has 1 N–H and O–H groups in total. The maximum atomic E-state index is 13.8. The van der Waals surface area contributed by atoms with Crippen molar-refractivity contribution in [3.05, 3.63) is 56.8 Å². The average molecular weight is 443 g/mol. The summed E-state index contributed by atoms with van der Waals surface area (Å²) in [6.07, 6.45) is 1.50. The van der Waals surface area contributed by atoms with Crippen molar-refractivity contribution < 1.29 is 13.9 Å². The number of thiazole rings is 1. The van der Waals surface area contributed by atoms with Gasteiger partial charge < -0.3 is 4.74 Å². The Labute approximate surface area is 160 Å². The van der Waals surface area contributed by atoms with Crippen molar-refractivity contribution in [2.75, 3.05) is 12.4 Å². The number of anilines is 1. The molecule has 0 saturated heterocycles. The van der Waals surface area contributed by atoms with Crippen LogP contribution >= 0.6 is 38.9 Å². The zero-order chi connectivity index (χ0) is 18.0. The lowest BCUT2D eigenvalue weighted by Gasteiger charge is -2.04. The molecular weight excluding hydrogens is 433 g/mol. The number of amides is 1. The molecule has 1 aromatic carbocycles. The summed E-state index contributed by atoms with van der Waals surface area (Å²) >= 11 is 10.4. The lowest BCUT2D eigenvalue weighted by molar-refractivity contribution is 0.102. The number of ether oxygens (including phenoxy) is 1. The number of pyridine rings is 1. The molecule has 0 unspecified atom stereocenters. The van der Waals surface area contributed by atoms with Crippen molar-refractivity contribution >= 4 is 49.9 Å². The van der Waals surface area contributed by atoms with Crippen molar-refractivity contribution in [2.45, 2.75) is 0 Å². The Hall–Kier alpha value is -2.03. The third-order valence-electron chi connectivity index (χ3n) is 3.22. The highest BCUT2D eigenvalue weighted by atomic mass is 79.9. The van der Waals surface area contributed by atoms with E-state index in [2.05, 4.69) is 31.2 Å². The molecule has 0 radical (unpaired) electrons. The molecule has 3 rings (SSSR count). The number of benzene rings is 1. The van der Waals surface area contributed by atoms with Crippen molar-refractivity contribution in [1.82, 2.24) is 9.97 Å². The molecule has 1 amide bonds. The number of halogens is 3. The van der Waals surface area contributed by atoms with Gasteiger partial charge in [0.2, 0.25) is 0 Å². The summed E-state index contributed by atoms with van der Waals surface area (Å²) in [5.74, 6) is -0.754. The van der Waals surface area contributed by atoms with Gasteiger partial charge in [-0.05, 0) is 40.2 Å². The molecule has 2 aromatic heterocycles. The van der Waals surface area contributed by atoms with E-state index in [1.807, 2.05) is 0 Å². The van der Waals surface area contributed by atoms with Crippen LogP contribution in [0.15, 0.2) is 40.3 Å². The number of carbonyl (C=O) groups is 1. The lowest BCUT2D eigenvalue weighted by Crippen LogP contribution is -2.12. The van der Waals surface area contributed by atoms with E-state index in [0.717, 1.165) is 0 Å². The molecule has 0 saturated carbocycles. The highest BCUT2D eigenvalue weighted by Gasteiger charge is 2.15. The highest BCUT2D eigenvalue weighted by Crippen LogP contribution is 2.29. The Morgan fingerprint density at radius 2 is 2.20 bits per heavy atom. The first kappa shape index (κ1) is 17.8. The summed E-state index contributed by atoms with van der Waals surface area (Å²) in [7, 11) is 1.40. The van der Waals surface area contributed by atoms with Gasteiger partial charge in [-0.15, -0.1) is 11.3 Å². The highest BCUT2D eigenvalue weighted by molar-refractivity contribution is 9.10. The van der Waals surface area contributed by atoms with E-state index in [9.17, 15) is 9.18 Å². The van der Waals surface area contributed by atoms with Crippen LogP contribution in [0.4, 0.5) is 9.52 Å². The molecule has 3 aromatic rings. The number of rotatable bonds is 4. The normalized spacial score (nSPS) is 10.6. The van der Waals surface area contributed by atoms with Crippen molar-refractivity contribution in [2.24, 2.45) is 0 Å². The van der Waals surface area contributed by atoms with Crippen LogP contribution in [0, 0.1) is 5.82 Å². The van der Waals surface area contributed by atoms with Gasteiger partial charge in [0, 0.05) is 21.6 Å². The maximum Gasteiger partial charge on any atom is 0.260 e. The zero-order valence-corrected chi connectivity index (χ0v) is 15.9. The largest absolute Gasteiger partial charge is 0.494 e. The number of methoxy groups -OCH3 is 1. The molecule has 0 fully saturated rings. The van der Waals surface area contributed by atoms with Gasteiger partial charge in [-0.1, -0.05) is 11.6 Å². The lowest BCUT2D eigenvalue weighted by atomic mass is 10.1. The van der Waals surface area contributed by atoms with Crippen LogP contribution in [0.5, 0.6) is 5.75 Å². The predicted molar refractivity (Wildman–Crippen MR) is 99.0 cm³/mol. The second kappa shape index (κ2) is 7.47. The fourth-order valence-electron chi connectivity index (χ4n) is 2.04. The van der Waals surface area contributed by atoms with E-state index in [1.54, 1.807) is 17.5 Å². The van der Waals surface area contributed by atoms with Gasteiger partial charge in [-0.2, -0.15) is 0 Å². The van der Waals surface area contributed by atoms with E-state index in [0.29, 0.717) is 20.9 Å². The SMILES string of the molecule is COc1ccc(-c2csc(NC(=O)c3cc(Br)cnc3Cl)n2)cc1F. The number of hydrogen-bond donors (Lipinski definition) is 1. The van der Waals surface area contributed by atoms with E-state index in [-0.39, 0.29) is 16.5 Å². The number of aromatic nitrogens is 2. The molecule has 0 aliphatic carbocycles. The van der Waals surface area contributed by atoms with Crippen LogP contribution in [0.1, 0.15) is 10.4 Å². The summed E-state index contributed by atoms with van der Waals surface area (Å²) in [4.78, 5) is 20.5. The molecular formula is C16H10BrClFN3O2S. The van der Waals surface area contributed by atoms with Gasteiger partial charge in [0.1, 0.15) is 5.15 Å². The fourth-order valence-corrected chi connectivity index (χ4v) is 3.27. The minimum atomic E-state index is -0.481. The summed E-state index contributed by atoms with van der Waals surface area (Å²) in [6, 6.07) is 6.11. The molecule has 0 bridgehead atoms. The Bertz CT molecular complexity index is 951. The van der Waals surface area contributed by atoms with Crippen LogP contribution in [-0.2, 0) is 0 Å². The maximum absolute atomic E-state index is 13.8. The first-order chi connectivity index (χ1) is 12.0. The Balaban J connectivity index is 1.81. The smallest absolute Gasteiger partial charge is 0.260 e. The van der Waals surface area contributed by atoms with Gasteiger partial charge in [0.05, 0.1) is 18.4 Å². The molecule has 0 atom stereocenters. The van der Waals surface area contributed by atoms with Gasteiger partial charge in [0.25, 0.3) is 5.91 Å². The van der Waals surface area contributed by atoms with Gasteiger partial charge in [-0.25, -0.2) is 14.4 Å². The van der Waals surface area contributed by atoms with Crippen molar-refractivity contribution in [3.63, 3.8) is 0 Å². The fraction of sp³-hybridized carbons (Fsp3) is 0.0625. The Morgan fingerprint density at radius 1 is 1.40 bits per heavy atom. The van der Waals surface area contributed by atoms with Gasteiger partial charge in [-0.3, -0.25) is 10.1 Å². The standard InChI is InChI=1S/C16H10BrClFN3O2S/c1-24-13-3-2-8(4-11(13)19)12-7-25-16(21-12)22-15(23)10-5-9(17)6-20-14(10)18/h2-7H,1H3,(H,21,22,23). The minimum Gasteiger partial charge on any atom is -0.494 e. The second-order valence-electron chi connectivity index (χ2n) is 4.83. The van der Waals surface area contributed by atoms with E-state index >= 15 is 0 Å². The van der Waals surface area contributed by atoms with E-state index < -0.39 is 11.7 Å². The molecule has 2 heterocycles. The number of nitrogens with one attached hydrogen (secondary N) is 1. The number of hydrogen-bond acceptors (Lipinski definition) is 5. The van der Waals surface area contributed by atoms with E-state index in [1.165, 1.54) is 36.8 Å². The first-order valence-corrected chi connectivity index (χ1v) is 8.95. The van der Waals surface area contributed by atoms with E-state index in [4.69, 9.17) is 16.3 Å². The topological polar surface area (TPSA) is 64.1 Å². The summed E-state index contributed by atoms with van der Waals surface area (Å²) in [6.45, 7) is 0. The molecule has 0 aliphatic rings. The first-order valence-electron chi connectivity index (χ1n) is 6.90. The second-order valence-corrected chi connectivity index (χ2v) is 6.97. The van der Waals surface area contributed by atoms with Crippen LogP contribution in [-0.4, -0.2) is 23.0 Å². The third-order valence-corrected chi connectivity index (χ3v) is 4.72. The molecule has 128 valence electrons. The molecule has 5 nitrogen and oxygen atoms in total. The van der Waals surface area contributed by atoms with Gasteiger partial charge >= 0.3 is 0 Å². The quantitative estimate of drug-likeness (QED) is 0.576. The van der Waals surface area contributed by atoms with Crippen LogP contribution in [0.2, 0.25) is 5.15 Å². The Kier molecular flexibility index (Phi) is 5.31. The van der Waals surface area contributed by atoms with Crippen LogP contribution < -0.4 is 10.1 Å². The van der Waals surface area contributed by atoms with Crippen molar-refractivity contribution in [3.8, 4) is 17.0 Å². The molecule has 9 heteroatoms. The number of nitrogens with zero attached hydrogens (tertiary/aromatic N) is 2. The monoisotopic (exact) mass is 441 g/mol. The molecule has 0 aliphatic heterocycles. The average Bonchev–Trinajstić information content (AvgIpc) is 3.05. The molecule has 0 spiro atoms. The molecule has 25 heavy (non-hydrogen) atoms. The minimum absolute atomic E-state index is 0.0923. The third kappa shape index (κ3) is 3.97. The predicted octanol–water partition coefficient (Wildman–Crippen LogP) is 5.02. The number of carbonyl (C=O) groups excluding carboxylic acids is 1. The summed E-state index contributed by atoms with van der Waals surface area (Å²) < 4.78 is 19.3. The van der Waals surface area contributed by atoms with Crippen LogP contribution in [0.3, 0.4) is 0 Å². The van der Waals surface area contributed by atoms with Crippen LogP contribution in [0.25, 0.3) is 11.3 Å². The summed E-state index contributed by atoms with van der Waals surface area (Å²) in [5.41, 5.74) is 1.35. The zero-order valence-electron chi connectivity index (χ0n) is 12.7. The van der Waals surface area contributed by atoms with Gasteiger partial charge in [0.15, 0.2) is 16.7 Å². The summed E-state index contributed by atoms with van der Waals surface area (Å²) in [5, 5.41) is 4.84. The van der Waals surface area contributed by atoms with Crippen molar-refractivity contribution in [1.29, 1.82) is 0 Å². The Morgan fingerprint density at radius 3 is 2.92 bits per heavy atom.